The summed E-state index contributed by atoms with van der Waals surface area (Å²) >= 11 is 0. The van der Waals surface area contributed by atoms with Crippen LogP contribution in [-0.4, -0.2) is 42.8 Å². The van der Waals surface area contributed by atoms with Crippen LogP contribution in [0.25, 0.3) is 0 Å². The molecule has 8 nitrogen and oxygen atoms in total. The Morgan fingerprint density at radius 2 is 1.72 bits per heavy atom. The highest BCUT2D eigenvalue weighted by atomic mass is 19.4. The molecule has 0 unspecified atom stereocenters. The number of hydrogen-bond acceptors (Lipinski definition) is 7. The summed E-state index contributed by atoms with van der Waals surface area (Å²) in [5.74, 6) is -0.382. The SMILES string of the molecule is COc1cccc([C@@H]2OC(c3ccc(OCCCO)cc3)=N[C@]2(Cc2ccccc2)C(=O)NNCc2cc(F)cc(C(F)(F)F)c2)c1. The summed E-state index contributed by atoms with van der Waals surface area (Å²) in [7, 11) is 1.52. The average Bonchev–Trinajstić information content (AvgIpc) is 3.45. The fourth-order valence-electron chi connectivity index (χ4n) is 5.24. The van der Waals surface area contributed by atoms with Crippen molar-refractivity contribution in [1.82, 2.24) is 10.9 Å². The van der Waals surface area contributed by atoms with Crippen LogP contribution in [0.15, 0.2) is 102 Å². The molecule has 0 radical (unpaired) electrons. The van der Waals surface area contributed by atoms with Crippen molar-refractivity contribution >= 4 is 11.8 Å². The molecule has 3 N–H and O–H groups in total. The largest absolute Gasteiger partial charge is 0.497 e. The molecule has 1 amide bonds. The maximum atomic E-state index is 14.3. The highest BCUT2D eigenvalue weighted by molar-refractivity contribution is 6.01. The van der Waals surface area contributed by atoms with Crippen LogP contribution in [-0.2, 0) is 28.7 Å². The van der Waals surface area contributed by atoms with Crippen molar-refractivity contribution in [3.8, 4) is 11.5 Å². The van der Waals surface area contributed by atoms with E-state index in [4.69, 9.17) is 24.3 Å². The molecule has 0 aliphatic carbocycles. The molecular formula is C35H33F4N3O5. The van der Waals surface area contributed by atoms with E-state index in [1.807, 2.05) is 30.3 Å². The molecule has 5 rings (SSSR count). The molecule has 12 heteroatoms. The van der Waals surface area contributed by atoms with Crippen LogP contribution < -0.4 is 20.3 Å². The van der Waals surface area contributed by atoms with Gasteiger partial charge in [-0.15, -0.1) is 0 Å². The number of aliphatic hydroxyl groups excluding tert-OH is 1. The van der Waals surface area contributed by atoms with E-state index in [-0.39, 0.29) is 31.0 Å². The first kappa shape index (κ1) is 33.4. The average molecular weight is 652 g/mol. The van der Waals surface area contributed by atoms with Crippen molar-refractivity contribution in [3.63, 3.8) is 0 Å². The topological polar surface area (TPSA) is 101 Å². The van der Waals surface area contributed by atoms with Gasteiger partial charge in [0.15, 0.2) is 11.6 Å². The van der Waals surface area contributed by atoms with Crippen molar-refractivity contribution in [2.45, 2.75) is 37.2 Å². The molecule has 0 aromatic heterocycles. The molecule has 0 spiro atoms. The summed E-state index contributed by atoms with van der Waals surface area (Å²) in [5, 5.41) is 9.03. The van der Waals surface area contributed by atoms with Gasteiger partial charge >= 0.3 is 6.18 Å². The number of halogens is 4. The zero-order chi connectivity index (χ0) is 33.4. The second-order valence-electron chi connectivity index (χ2n) is 10.9. The first-order chi connectivity index (χ1) is 22.6. The molecule has 246 valence electrons. The molecule has 0 saturated carbocycles. The number of benzene rings is 4. The van der Waals surface area contributed by atoms with Crippen molar-refractivity contribution in [3.05, 3.63) is 131 Å². The van der Waals surface area contributed by atoms with Gasteiger partial charge in [0.2, 0.25) is 5.90 Å². The van der Waals surface area contributed by atoms with Crippen LogP contribution in [0.3, 0.4) is 0 Å². The van der Waals surface area contributed by atoms with E-state index in [0.717, 1.165) is 17.7 Å². The third kappa shape index (κ3) is 8.08. The van der Waals surface area contributed by atoms with E-state index >= 15 is 0 Å². The molecule has 2 atom stereocenters. The van der Waals surface area contributed by atoms with Crippen LogP contribution in [0.4, 0.5) is 17.6 Å². The molecule has 4 aromatic rings. The Morgan fingerprint density at radius 1 is 0.957 bits per heavy atom. The second-order valence-corrected chi connectivity index (χ2v) is 10.9. The lowest BCUT2D eigenvalue weighted by molar-refractivity contribution is -0.138. The van der Waals surface area contributed by atoms with Gasteiger partial charge in [-0.3, -0.25) is 10.2 Å². The molecule has 0 fully saturated rings. The third-order valence-corrected chi connectivity index (χ3v) is 7.52. The third-order valence-electron chi connectivity index (χ3n) is 7.52. The molecule has 0 bridgehead atoms. The Labute approximate surface area is 269 Å². The number of rotatable bonds is 13. The van der Waals surface area contributed by atoms with Gasteiger partial charge in [-0.05, 0) is 71.3 Å². The Kier molecular flexibility index (Phi) is 10.4. The van der Waals surface area contributed by atoms with Crippen molar-refractivity contribution in [2.75, 3.05) is 20.3 Å². The number of alkyl halides is 3. The maximum absolute atomic E-state index is 14.3. The van der Waals surface area contributed by atoms with Gasteiger partial charge in [-0.2, -0.15) is 13.2 Å². The van der Waals surface area contributed by atoms with Crippen LogP contribution >= 0.6 is 0 Å². The Morgan fingerprint density at radius 3 is 2.43 bits per heavy atom. The standard InChI is InChI=1S/C35H33F4N3O5/c1-45-30-10-5-9-26(19-30)31-34(21-23-7-3-2-4-8-23,41-32(47-31)25-11-13-29(14-12-25)46-16-6-15-43)33(44)42-40-22-24-17-27(35(37,38)39)20-28(36)18-24/h2-5,7-14,17-20,31,40,43H,6,15-16,21-22H2,1H3,(H,42,44)/t31-,34-/m0/s1. The van der Waals surface area contributed by atoms with Crippen molar-refractivity contribution in [1.29, 1.82) is 0 Å². The number of hydrazine groups is 1. The molecular weight excluding hydrogens is 618 g/mol. The molecule has 0 saturated heterocycles. The smallest absolute Gasteiger partial charge is 0.416 e. The minimum absolute atomic E-state index is 0.00559. The van der Waals surface area contributed by atoms with Gasteiger partial charge in [0.1, 0.15) is 17.3 Å². The summed E-state index contributed by atoms with van der Waals surface area (Å²) in [4.78, 5) is 19.2. The number of methoxy groups -OCH3 is 1. The molecule has 47 heavy (non-hydrogen) atoms. The van der Waals surface area contributed by atoms with Crippen LogP contribution in [0.2, 0.25) is 0 Å². The van der Waals surface area contributed by atoms with E-state index in [2.05, 4.69) is 10.9 Å². The fraction of sp³-hybridized carbons (Fsp3) is 0.257. The van der Waals surface area contributed by atoms with Crippen LogP contribution in [0.1, 0.15) is 40.3 Å². The van der Waals surface area contributed by atoms with E-state index in [1.165, 1.54) is 7.11 Å². The Bertz CT molecular complexity index is 1700. The number of carbonyl (C=O) groups excluding carboxylic acids is 1. The van der Waals surface area contributed by atoms with E-state index in [9.17, 15) is 22.4 Å². The lowest BCUT2D eigenvalue weighted by Gasteiger charge is -2.31. The zero-order valence-corrected chi connectivity index (χ0v) is 25.4. The van der Waals surface area contributed by atoms with E-state index < -0.39 is 35.1 Å². The molecule has 4 aromatic carbocycles. The number of nitrogens with one attached hydrogen (secondary N) is 2. The number of hydrogen-bond donors (Lipinski definition) is 3. The van der Waals surface area contributed by atoms with E-state index in [0.29, 0.717) is 41.7 Å². The minimum Gasteiger partial charge on any atom is -0.497 e. The summed E-state index contributed by atoms with van der Waals surface area (Å²) in [5.41, 5.74) is 4.44. The number of aliphatic imine (C=N–C) groups is 1. The minimum atomic E-state index is -4.74. The number of aliphatic hydroxyl groups is 1. The van der Waals surface area contributed by atoms with Gasteiger partial charge < -0.3 is 19.3 Å². The monoisotopic (exact) mass is 651 g/mol. The molecule has 1 heterocycles. The van der Waals surface area contributed by atoms with Crippen LogP contribution in [0, 0.1) is 5.82 Å². The number of amides is 1. The fourth-order valence-corrected chi connectivity index (χ4v) is 5.24. The summed E-state index contributed by atoms with van der Waals surface area (Å²) < 4.78 is 71.4. The molecule has 1 aliphatic heterocycles. The lowest BCUT2D eigenvalue weighted by atomic mass is 9.82. The number of nitrogens with zero attached hydrogens (tertiary/aromatic N) is 1. The number of ether oxygens (including phenoxy) is 3. The zero-order valence-electron chi connectivity index (χ0n) is 25.4. The first-order valence-corrected chi connectivity index (χ1v) is 14.8. The summed E-state index contributed by atoms with van der Waals surface area (Å²) in [6.45, 7) is 0.0460. The van der Waals surface area contributed by atoms with Crippen molar-refractivity contribution in [2.24, 2.45) is 4.99 Å². The Balaban J connectivity index is 1.50. The van der Waals surface area contributed by atoms with Gasteiger partial charge in [-0.1, -0.05) is 42.5 Å². The van der Waals surface area contributed by atoms with Crippen molar-refractivity contribution < 1.29 is 41.7 Å². The maximum Gasteiger partial charge on any atom is 0.416 e. The van der Waals surface area contributed by atoms with Gasteiger partial charge in [0.05, 0.1) is 19.3 Å². The summed E-state index contributed by atoms with van der Waals surface area (Å²) in [6.07, 6.45) is -5.12. The highest BCUT2D eigenvalue weighted by Gasteiger charge is 2.53. The van der Waals surface area contributed by atoms with Gasteiger partial charge in [0.25, 0.3) is 5.91 Å². The van der Waals surface area contributed by atoms with Gasteiger partial charge in [-0.25, -0.2) is 14.8 Å². The quantitative estimate of drug-likeness (QED) is 0.0941. The van der Waals surface area contributed by atoms with Crippen LogP contribution in [0.5, 0.6) is 11.5 Å². The second kappa shape index (κ2) is 14.7. The molecule has 1 aliphatic rings. The predicted molar refractivity (Wildman–Crippen MR) is 166 cm³/mol. The lowest BCUT2D eigenvalue weighted by Crippen LogP contribution is -2.53. The Hall–Kier alpha value is -4.94. The highest BCUT2D eigenvalue weighted by Crippen LogP contribution is 2.43. The summed E-state index contributed by atoms with van der Waals surface area (Å²) in [6, 6.07) is 25.4. The first-order valence-electron chi connectivity index (χ1n) is 14.8. The number of carbonyl (C=O) groups is 1. The predicted octanol–water partition coefficient (Wildman–Crippen LogP) is 5.93. The normalized spacial score (nSPS) is 17.5. The van der Waals surface area contributed by atoms with Gasteiger partial charge in [0, 0.05) is 31.6 Å². The van der Waals surface area contributed by atoms with E-state index in [1.54, 1.807) is 48.5 Å².